The second-order valence-electron chi connectivity index (χ2n) is 6.32. The van der Waals surface area contributed by atoms with E-state index in [9.17, 15) is 9.90 Å². The minimum absolute atomic E-state index is 0.0616. The summed E-state index contributed by atoms with van der Waals surface area (Å²) in [5, 5.41) is 10.6. The highest BCUT2D eigenvalue weighted by atomic mass is 16.3. The van der Waals surface area contributed by atoms with E-state index in [0.717, 1.165) is 31.2 Å². The molecule has 1 aliphatic carbocycles. The summed E-state index contributed by atoms with van der Waals surface area (Å²) in [5.74, 6) is 0.320. The highest BCUT2D eigenvalue weighted by Crippen LogP contribution is 2.39. The van der Waals surface area contributed by atoms with Gasteiger partial charge in [-0.15, -0.1) is 0 Å². The molecule has 0 bridgehead atoms. The molecular weight excluding hydrogens is 262 g/mol. The van der Waals surface area contributed by atoms with Gasteiger partial charge in [0.2, 0.25) is 5.91 Å². The van der Waals surface area contributed by atoms with Crippen molar-refractivity contribution in [3.05, 3.63) is 42.0 Å². The van der Waals surface area contributed by atoms with E-state index in [-0.39, 0.29) is 11.8 Å². The first-order valence-electron chi connectivity index (χ1n) is 7.92. The Kier molecular flexibility index (Phi) is 4.11. The Bertz CT molecular complexity index is 525. The molecule has 2 atom stereocenters. The van der Waals surface area contributed by atoms with E-state index in [2.05, 4.69) is 0 Å². The molecular formula is C18H23NO2. The molecule has 1 saturated carbocycles. The molecule has 0 unspecified atom stereocenters. The number of hydrogen-bond donors (Lipinski definition) is 1. The van der Waals surface area contributed by atoms with Crippen molar-refractivity contribution >= 4 is 12.0 Å². The fraction of sp³-hybridized carbons (Fsp3) is 0.500. The lowest BCUT2D eigenvalue weighted by Crippen LogP contribution is -2.54. The van der Waals surface area contributed by atoms with Gasteiger partial charge in [-0.05, 0) is 30.9 Å². The number of aliphatic hydroxyl groups is 1. The Morgan fingerprint density at radius 3 is 2.86 bits per heavy atom. The maximum absolute atomic E-state index is 12.3. The van der Waals surface area contributed by atoms with Gasteiger partial charge >= 0.3 is 0 Å². The minimum Gasteiger partial charge on any atom is -0.389 e. The van der Waals surface area contributed by atoms with Crippen molar-refractivity contribution < 1.29 is 9.90 Å². The van der Waals surface area contributed by atoms with Crippen LogP contribution in [0.25, 0.3) is 6.08 Å². The molecule has 1 saturated heterocycles. The highest BCUT2D eigenvalue weighted by Gasteiger charge is 2.43. The Morgan fingerprint density at radius 2 is 2.05 bits per heavy atom. The third-order valence-electron chi connectivity index (χ3n) is 4.96. The van der Waals surface area contributed by atoms with Gasteiger partial charge in [-0.3, -0.25) is 4.79 Å². The van der Waals surface area contributed by atoms with E-state index >= 15 is 0 Å². The predicted octanol–water partition coefficient (Wildman–Crippen LogP) is 2.85. The van der Waals surface area contributed by atoms with E-state index in [4.69, 9.17) is 0 Å². The molecule has 3 heteroatoms. The number of likely N-dealkylation sites (tertiary alicyclic amines) is 1. The lowest BCUT2D eigenvalue weighted by Gasteiger charge is -2.47. The summed E-state index contributed by atoms with van der Waals surface area (Å²) in [6.07, 6.45) is 8.49. The molecule has 0 aromatic heterocycles. The monoisotopic (exact) mass is 285 g/mol. The number of nitrogens with zero attached hydrogens (tertiary/aromatic N) is 1. The van der Waals surface area contributed by atoms with Crippen LogP contribution >= 0.6 is 0 Å². The van der Waals surface area contributed by atoms with Gasteiger partial charge in [-0.1, -0.05) is 43.2 Å². The average molecular weight is 285 g/mol. The van der Waals surface area contributed by atoms with Crippen molar-refractivity contribution in [2.45, 2.75) is 37.7 Å². The van der Waals surface area contributed by atoms with Crippen molar-refractivity contribution in [3.63, 3.8) is 0 Å². The Hall–Kier alpha value is -1.61. The zero-order chi connectivity index (χ0) is 14.7. The number of hydrogen-bond acceptors (Lipinski definition) is 2. The third kappa shape index (κ3) is 3.18. The molecule has 1 N–H and O–H groups in total. The number of benzene rings is 1. The van der Waals surface area contributed by atoms with Gasteiger partial charge in [0, 0.05) is 25.1 Å². The van der Waals surface area contributed by atoms with Gasteiger partial charge in [0.1, 0.15) is 0 Å². The zero-order valence-electron chi connectivity index (χ0n) is 12.4. The van der Waals surface area contributed by atoms with E-state index in [0.29, 0.717) is 13.1 Å². The molecule has 1 aromatic rings. The molecule has 3 rings (SSSR count). The molecule has 1 aromatic carbocycles. The number of fused-ring (bicyclic) bond motifs is 1. The van der Waals surface area contributed by atoms with Gasteiger partial charge in [-0.25, -0.2) is 0 Å². The molecule has 2 aliphatic rings. The summed E-state index contributed by atoms with van der Waals surface area (Å²) >= 11 is 0. The fourth-order valence-electron chi connectivity index (χ4n) is 3.61. The summed E-state index contributed by atoms with van der Waals surface area (Å²) in [4.78, 5) is 14.2. The Balaban J connectivity index is 1.62. The van der Waals surface area contributed by atoms with Gasteiger partial charge in [0.15, 0.2) is 0 Å². The first-order chi connectivity index (χ1) is 10.2. The summed E-state index contributed by atoms with van der Waals surface area (Å²) in [7, 11) is 0. The zero-order valence-corrected chi connectivity index (χ0v) is 12.4. The highest BCUT2D eigenvalue weighted by molar-refractivity contribution is 5.91. The van der Waals surface area contributed by atoms with Crippen LogP contribution in [-0.4, -0.2) is 34.6 Å². The standard InChI is InChI=1S/C18H23NO2/c20-17(10-9-15-6-2-1-3-7-15)19-13-12-18(21)11-5-4-8-16(18)14-19/h1-3,6-7,9-10,16,21H,4-5,8,11-14H2/b10-9+/t16-,18+/m0/s1. The molecule has 1 amide bonds. The topological polar surface area (TPSA) is 40.5 Å². The summed E-state index contributed by atoms with van der Waals surface area (Å²) in [5.41, 5.74) is 0.523. The minimum atomic E-state index is -0.516. The van der Waals surface area contributed by atoms with Crippen LogP contribution in [0.5, 0.6) is 0 Å². The van der Waals surface area contributed by atoms with Crippen molar-refractivity contribution in [2.75, 3.05) is 13.1 Å². The molecule has 112 valence electrons. The van der Waals surface area contributed by atoms with Crippen molar-refractivity contribution in [1.29, 1.82) is 0 Å². The average Bonchev–Trinajstić information content (AvgIpc) is 2.52. The van der Waals surface area contributed by atoms with Crippen LogP contribution in [0, 0.1) is 5.92 Å². The lowest BCUT2D eigenvalue weighted by molar-refractivity contribution is -0.138. The molecule has 0 spiro atoms. The predicted molar refractivity (Wildman–Crippen MR) is 83.6 cm³/mol. The van der Waals surface area contributed by atoms with Crippen LogP contribution in [0.15, 0.2) is 36.4 Å². The maximum Gasteiger partial charge on any atom is 0.246 e. The van der Waals surface area contributed by atoms with Gasteiger partial charge in [-0.2, -0.15) is 0 Å². The van der Waals surface area contributed by atoms with E-state index in [1.54, 1.807) is 6.08 Å². The van der Waals surface area contributed by atoms with Crippen molar-refractivity contribution in [2.24, 2.45) is 5.92 Å². The normalized spacial score (nSPS) is 29.4. The molecule has 1 heterocycles. The SMILES string of the molecule is O=C(/C=C/c1ccccc1)N1CC[C@]2(O)CCCC[C@H]2C1. The number of carbonyl (C=O) groups is 1. The van der Waals surface area contributed by atoms with Crippen LogP contribution in [0.4, 0.5) is 0 Å². The number of amides is 1. The Morgan fingerprint density at radius 1 is 1.24 bits per heavy atom. The Labute approximate surface area is 126 Å². The molecule has 2 fully saturated rings. The molecule has 3 nitrogen and oxygen atoms in total. The fourth-order valence-corrected chi connectivity index (χ4v) is 3.61. The quantitative estimate of drug-likeness (QED) is 0.849. The second-order valence-corrected chi connectivity index (χ2v) is 6.32. The van der Waals surface area contributed by atoms with Gasteiger partial charge < -0.3 is 10.0 Å². The van der Waals surface area contributed by atoms with Crippen molar-refractivity contribution in [3.8, 4) is 0 Å². The summed E-state index contributed by atoms with van der Waals surface area (Å²) < 4.78 is 0. The number of rotatable bonds is 2. The van der Waals surface area contributed by atoms with E-state index in [1.807, 2.05) is 41.3 Å². The second kappa shape index (κ2) is 6.02. The van der Waals surface area contributed by atoms with Crippen LogP contribution in [0.3, 0.4) is 0 Å². The van der Waals surface area contributed by atoms with E-state index in [1.165, 1.54) is 6.42 Å². The van der Waals surface area contributed by atoms with Gasteiger partial charge in [0.05, 0.1) is 5.60 Å². The third-order valence-corrected chi connectivity index (χ3v) is 4.96. The summed E-state index contributed by atoms with van der Waals surface area (Å²) in [6, 6.07) is 9.87. The smallest absolute Gasteiger partial charge is 0.246 e. The van der Waals surface area contributed by atoms with Gasteiger partial charge in [0.25, 0.3) is 0 Å². The number of carbonyl (C=O) groups excluding carboxylic acids is 1. The van der Waals surface area contributed by atoms with Crippen LogP contribution in [0.2, 0.25) is 0 Å². The largest absolute Gasteiger partial charge is 0.389 e. The van der Waals surface area contributed by atoms with E-state index < -0.39 is 5.60 Å². The molecule has 21 heavy (non-hydrogen) atoms. The summed E-state index contributed by atoms with van der Waals surface area (Å²) in [6.45, 7) is 1.37. The van der Waals surface area contributed by atoms with Crippen LogP contribution in [0.1, 0.15) is 37.7 Å². The first-order valence-corrected chi connectivity index (χ1v) is 7.92. The van der Waals surface area contributed by atoms with Crippen LogP contribution < -0.4 is 0 Å². The molecule has 0 radical (unpaired) electrons. The number of piperidine rings is 1. The molecule has 1 aliphatic heterocycles. The lowest BCUT2D eigenvalue weighted by atomic mass is 9.71. The van der Waals surface area contributed by atoms with Crippen LogP contribution in [-0.2, 0) is 4.79 Å². The van der Waals surface area contributed by atoms with Crippen molar-refractivity contribution in [1.82, 2.24) is 4.90 Å². The maximum atomic E-state index is 12.3. The first kappa shape index (κ1) is 14.3.